The fourth-order valence-electron chi connectivity index (χ4n) is 4.72. The first-order valence-electron chi connectivity index (χ1n) is 11.4. The number of nitrogens with zero attached hydrogens (tertiary/aromatic N) is 4. The Bertz CT molecular complexity index is 1400. The minimum absolute atomic E-state index is 0.0102. The Morgan fingerprint density at radius 2 is 1.76 bits per heavy atom. The molecule has 33 heavy (non-hydrogen) atoms. The van der Waals surface area contributed by atoms with Gasteiger partial charge in [-0.1, -0.05) is 54.9 Å². The number of hydrogen-bond donors (Lipinski definition) is 1. The van der Waals surface area contributed by atoms with Crippen molar-refractivity contribution >= 4 is 34.3 Å². The second-order valence-electron chi connectivity index (χ2n) is 8.77. The number of fused-ring (bicyclic) bond motifs is 3. The van der Waals surface area contributed by atoms with Crippen molar-refractivity contribution in [2.45, 2.75) is 62.9 Å². The van der Waals surface area contributed by atoms with E-state index in [1.165, 1.54) is 24.6 Å². The molecule has 1 unspecified atom stereocenters. The van der Waals surface area contributed by atoms with Crippen molar-refractivity contribution in [2.24, 2.45) is 0 Å². The fraction of sp³-hybridized carbons (Fsp3) is 0.360. The zero-order valence-electron chi connectivity index (χ0n) is 19.0. The molecule has 2 aromatic carbocycles. The average molecular weight is 462 g/mol. The summed E-state index contributed by atoms with van der Waals surface area (Å²) in [5.41, 5.74) is 3.38. The van der Waals surface area contributed by atoms with Crippen LogP contribution in [0.25, 0.3) is 22.4 Å². The molecule has 5 rings (SSSR count). The van der Waals surface area contributed by atoms with Gasteiger partial charge in [0.2, 0.25) is 11.7 Å². The van der Waals surface area contributed by atoms with Gasteiger partial charge in [-0.15, -0.1) is 10.2 Å². The number of hydrogen-bond acceptors (Lipinski definition) is 5. The van der Waals surface area contributed by atoms with Crippen LogP contribution in [0.4, 0.5) is 0 Å². The van der Waals surface area contributed by atoms with Crippen molar-refractivity contribution in [3.05, 3.63) is 63.9 Å². The number of carbonyl (C=O) groups excluding carboxylic acids is 1. The lowest BCUT2D eigenvalue weighted by Gasteiger charge is -2.17. The maximum absolute atomic E-state index is 13.6. The second kappa shape index (κ2) is 8.67. The van der Waals surface area contributed by atoms with Gasteiger partial charge in [-0.3, -0.25) is 14.0 Å². The fourth-order valence-corrected chi connectivity index (χ4v) is 5.58. The number of para-hydroxylation sites is 2. The van der Waals surface area contributed by atoms with Crippen LogP contribution in [0, 0.1) is 13.8 Å². The molecule has 0 radical (unpaired) electrons. The molecular weight excluding hydrogens is 434 g/mol. The highest BCUT2D eigenvalue weighted by molar-refractivity contribution is 8.00. The third kappa shape index (κ3) is 3.82. The number of aryl methyl sites for hydroxylation is 2. The van der Waals surface area contributed by atoms with E-state index in [9.17, 15) is 9.59 Å². The van der Waals surface area contributed by atoms with E-state index in [2.05, 4.69) is 15.5 Å². The van der Waals surface area contributed by atoms with E-state index in [-0.39, 0.29) is 22.8 Å². The zero-order valence-corrected chi connectivity index (χ0v) is 19.9. The smallest absolute Gasteiger partial charge is 0.267 e. The molecule has 1 amide bonds. The van der Waals surface area contributed by atoms with E-state index in [4.69, 9.17) is 0 Å². The summed E-state index contributed by atoms with van der Waals surface area (Å²) in [5, 5.41) is 12.9. The molecular formula is C25H27N5O2S. The number of rotatable bonds is 5. The number of benzene rings is 2. The SMILES string of the molecule is Cc1cccc(C)c1-n1c(=O)c2ccccc2n2c(SC(C)C(=O)NC3CCCC3)nnc12. The molecule has 1 aliphatic rings. The average Bonchev–Trinajstić information content (AvgIpc) is 3.46. The lowest BCUT2D eigenvalue weighted by molar-refractivity contribution is -0.120. The maximum atomic E-state index is 13.6. The summed E-state index contributed by atoms with van der Waals surface area (Å²) in [6.45, 7) is 5.86. The lowest BCUT2D eigenvalue weighted by Crippen LogP contribution is -2.37. The van der Waals surface area contributed by atoms with Crippen molar-refractivity contribution in [3.63, 3.8) is 0 Å². The third-order valence-electron chi connectivity index (χ3n) is 6.41. The van der Waals surface area contributed by atoms with E-state index >= 15 is 0 Å². The van der Waals surface area contributed by atoms with E-state index in [1.54, 1.807) is 4.57 Å². The molecule has 8 heteroatoms. The predicted octanol–water partition coefficient (Wildman–Crippen LogP) is 4.19. The Hall–Kier alpha value is -3.13. The van der Waals surface area contributed by atoms with Gasteiger partial charge < -0.3 is 5.32 Å². The molecule has 1 atom stereocenters. The molecule has 2 heterocycles. The molecule has 1 fully saturated rings. The van der Waals surface area contributed by atoms with Gasteiger partial charge in [0.15, 0.2) is 5.16 Å². The molecule has 1 N–H and O–H groups in total. The number of thioether (sulfide) groups is 1. The molecule has 0 saturated heterocycles. The van der Waals surface area contributed by atoms with Gasteiger partial charge in [-0.25, -0.2) is 4.57 Å². The summed E-state index contributed by atoms with van der Waals surface area (Å²) >= 11 is 1.37. The van der Waals surface area contributed by atoms with Crippen LogP contribution in [0.3, 0.4) is 0 Å². The molecule has 2 aromatic heterocycles. The van der Waals surface area contributed by atoms with Gasteiger partial charge in [-0.2, -0.15) is 0 Å². The molecule has 0 aliphatic heterocycles. The standard InChI is InChI=1S/C25H27N5O2S/c1-15-9-8-10-16(2)21(15)30-23(32)19-13-6-7-14-20(19)29-24(30)27-28-25(29)33-17(3)22(31)26-18-11-4-5-12-18/h6-10,13-14,17-18H,4-5,11-12H2,1-3H3,(H,26,31). The van der Waals surface area contributed by atoms with Gasteiger partial charge in [0.05, 0.1) is 21.8 Å². The largest absolute Gasteiger partial charge is 0.352 e. The number of amides is 1. The first-order valence-corrected chi connectivity index (χ1v) is 12.3. The Morgan fingerprint density at radius 3 is 2.48 bits per heavy atom. The highest BCUT2D eigenvalue weighted by Crippen LogP contribution is 2.28. The summed E-state index contributed by atoms with van der Waals surface area (Å²) in [7, 11) is 0. The number of aromatic nitrogens is 4. The normalized spacial score (nSPS) is 15.4. The zero-order chi connectivity index (χ0) is 23.1. The second-order valence-corrected chi connectivity index (χ2v) is 10.1. The number of carbonyl (C=O) groups is 1. The van der Waals surface area contributed by atoms with Crippen molar-refractivity contribution in [2.75, 3.05) is 0 Å². The van der Waals surface area contributed by atoms with Crippen molar-refractivity contribution in [3.8, 4) is 5.69 Å². The summed E-state index contributed by atoms with van der Waals surface area (Å²) in [6, 6.07) is 13.7. The Balaban J connectivity index is 1.64. The van der Waals surface area contributed by atoms with Crippen molar-refractivity contribution < 1.29 is 4.79 Å². The lowest BCUT2D eigenvalue weighted by atomic mass is 10.1. The Morgan fingerprint density at radius 1 is 1.06 bits per heavy atom. The van der Waals surface area contributed by atoms with Gasteiger partial charge in [0, 0.05) is 6.04 Å². The minimum atomic E-state index is -0.336. The topological polar surface area (TPSA) is 81.3 Å². The van der Waals surface area contributed by atoms with Gasteiger partial charge in [0.1, 0.15) is 0 Å². The van der Waals surface area contributed by atoms with E-state index in [0.717, 1.165) is 35.2 Å². The predicted molar refractivity (Wildman–Crippen MR) is 131 cm³/mol. The maximum Gasteiger partial charge on any atom is 0.267 e. The molecule has 0 bridgehead atoms. The molecule has 1 saturated carbocycles. The van der Waals surface area contributed by atoms with Gasteiger partial charge >= 0.3 is 0 Å². The molecule has 4 aromatic rings. The van der Waals surface area contributed by atoms with Gasteiger partial charge in [-0.05, 0) is 56.9 Å². The van der Waals surface area contributed by atoms with Gasteiger partial charge in [0.25, 0.3) is 5.56 Å². The van der Waals surface area contributed by atoms with Crippen molar-refractivity contribution in [1.29, 1.82) is 0 Å². The molecule has 170 valence electrons. The van der Waals surface area contributed by atoms with Crippen LogP contribution in [0.1, 0.15) is 43.7 Å². The quantitative estimate of drug-likeness (QED) is 0.451. The Labute approximate surface area is 196 Å². The van der Waals surface area contributed by atoms with Crippen LogP contribution in [-0.4, -0.2) is 36.4 Å². The molecule has 7 nitrogen and oxygen atoms in total. The van der Waals surface area contributed by atoms with E-state index < -0.39 is 0 Å². The molecule has 0 spiro atoms. The molecule has 1 aliphatic carbocycles. The van der Waals surface area contributed by atoms with Crippen LogP contribution < -0.4 is 10.9 Å². The first kappa shape index (κ1) is 21.7. The number of nitrogens with one attached hydrogen (secondary N) is 1. The summed E-state index contributed by atoms with van der Waals surface area (Å²) in [6.07, 6.45) is 4.43. The highest BCUT2D eigenvalue weighted by atomic mass is 32.2. The summed E-state index contributed by atoms with van der Waals surface area (Å²) in [5.74, 6) is 0.457. The van der Waals surface area contributed by atoms with E-state index in [0.29, 0.717) is 16.3 Å². The van der Waals surface area contributed by atoms with Crippen molar-refractivity contribution in [1.82, 2.24) is 24.5 Å². The Kier molecular flexibility index (Phi) is 5.70. The van der Waals surface area contributed by atoms with Crippen LogP contribution >= 0.6 is 11.8 Å². The first-order chi connectivity index (χ1) is 16.0. The van der Waals surface area contributed by atoms with Crippen LogP contribution in [-0.2, 0) is 4.79 Å². The van der Waals surface area contributed by atoms with E-state index in [1.807, 2.05) is 67.6 Å². The van der Waals surface area contributed by atoms with Crippen LogP contribution in [0.15, 0.2) is 52.4 Å². The monoisotopic (exact) mass is 461 g/mol. The summed E-state index contributed by atoms with van der Waals surface area (Å²) < 4.78 is 3.54. The van der Waals surface area contributed by atoms with Crippen LogP contribution in [0.5, 0.6) is 0 Å². The minimum Gasteiger partial charge on any atom is -0.352 e. The highest BCUT2D eigenvalue weighted by Gasteiger charge is 2.25. The summed E-state index contributed by atoms with van der Waals surface area (Å²) in [4.78, 5) is 26.4. The van der Waals surface area contributed by atoms with Crippen LogP contribution in [0.2, 0.25) is 0 Å². The third-order valence-corrected chi connectivity index (χ3v) is 7.45.